The molecule has 29 heavy (non-hydrogen) atoms. The molecule has 3 aromatic rings. The molecule has 2 fully saturated rings. The third-order valence-corrected chi connectivity index (χ3v) is 6.15. The number of nitrogens with one attached hydrogen (secondary N) is 1. The van der Waals surface area contributed by atoms with Crippen molar-refractivity contribution in [3.63, 3.8) is 0 Å². The minimum atomic E-state index is -1.05. The number of benzene rings is 2. The van der Waals surface area contributed by atoms with Crippen LogP contribution in [0.2, 0.25) is 0 Å². The van der Waals surface area contributed by atoms with Crippen LogP contribution in [0.25, 0.3) is 11.5 Å². The van der Waals surface area contributed by atoms with Crippen molar-refractivity contribution < 1.29 is 17.7 Å². The Kier molecular flexibility index (Phi) is 4.42. The van der Waals surface area contributed by atoms with Crippen LogP contribution in [0, 0.1) is 17.5 Å². The summed E-state index contributed by atoms with van der Waals surface area (Å²) in [5.41, 5.74) is 0.550. The minimum Gasteiger partial charge on any atom is -0.334 e. The van der Waals surface area contributed by atoms with Crippen LogP contribution in [-0.4, -0.2) is 22.7 Å². The first-order valence-electron chi connectivity index (χ1n) is 9.83. The number of aromatic nitrogens is 2. The van der Waals surface area contributed by atoms with Crippen molar-refractivity contribution in [2.45, 2.75) is 43.1 Å². The zero-order valence-electron chi connectivity index (χ0n) is 15.7. The third kappa shape index (κ3) is 3.33. The van der Waals surface area contributed by atoms with Gasteiger partial charge in [-0.3, -0.25) is 0 Å². The summed E-state index contributed by atoms with van der Waals surface area (Å²) in [6.45, 7) is 0.689. The molecule has 150 valence electrons. The number of halogens is 3. The summed E-state index contributed by atoms with van der Waals surface area (Å²) >= 11 is 0. The van der Waals surface area contributed by atoms with E-state index >= 15 is 0 Å². The molecule has 1 heterocycles. The predicted octanol–water partition coefficient (Wildman–Crippen LogP) is 4.72. The maximum absolute atomic E-state index is 14.0. The van der Waals surface area contributed by atoms with Gasteiger partial charge in [0.1, 0.15) is 23.0 Å². The van der Waals surface area contributed by atoms with E-state index in [1.165, 1.54) is 5.56 Å². The van der Waals surface area contributed by atoms with E-state index in [0.717, 1.165) is 25.7 Å². The molecule has 0 aliphatic heterocycles. The minimum absolute atomic E-state index is 0.255. The number of nitrogens with zero attached hydrogens (tertiary/aromatic N) is 2. The fourth-order valence-electron chi connectivity index (χ4n) is 4.19. The fraction of sp³-hybridized carbons (Fsp3) is 0.364. The third-order valence-electron chi connectivity index (χ3n) is 6.15. The summed E-state index contributed by atoms with van der Waals surface area (Å²) in [5, 5.41) is 7.62. The van der Waals surface area contributed by atoms with Gasteiger partial charge in [0.15, 0.2) is 5.82 Å². The lowest BCUT2D eigenvalue weighted by molar-refractivity contribution is 0.211. The summed E-state index contributed by atoms with van der Waals surface area (Å²) in [4.78, 5) is 4.28. The highest BCUT2D eigenvalue weighted by Crippen LogP contribution is 2.45. The molecule has 2 aliphatic rings. The Morgan fingerprint density at radius 3 is 2.45 bits per heavy atom. The molecule has 0 radical (unpaired) electrons. The van der Waals surface area contributed by atoms with Gasteiger partial charge >= 0.3 is 0 Å². The highest BCUT2D eigenvalue weighted by atomic mass is 19.1. The van der Waals surface area contributed by atoms with Crippen molar-refractivity contribution >= 4 is 0 Å². The summed E-state index contributed by atoms with van der Waals surface area (Å²) < 4.78 is 46.4. The average Bonchev–Trinajstić information content (AvgIpc) is 3.29. The van der Waals surface area contributed by atoms with Gasteiger partial charge in [0.05, 0.1) is 0 Å². The molecule has 0 saturated heterocycles. The van der Waals surface area contributed by atoms with Gasteiger partial charge in [0.25, 0.3) is 5.89 Å². The number of rotatable bonds is 6. The van der Waals surface area contributed by atoms with Gasteiger partial charge in [-0.1, -0.05) is 41.9 Å². The maximum Gasteiger partial charge on any atom is 0.263 e. The van der Waals surface area contributed by atoms with Crippen LogP contribution in [0.15, 0.2) is 47.0 Å². The Bertz CT molecular complexity index is 1010. The van der Waals surface area contributed by atoms with Gasteiger partial charge in [0, 0.05) is 36.1 Å². The molecule has 5 rings (SSSR count). The highest BCUT2D eigenvalue weighted by molar-refractivity contribution is 5.55. The van der Waals surface area contributed by atoms with Gasteiger partial charge in [-0.15, -0.1) is 0 Å². The van der Waals surface area contributed by atoms with Gasteiger partial charge < -0.3 is 9.84 Å². The van der Waals surface area contributed by atoms with Crippen LogP contribution in [0.1, 0.15) is 43.0 Å². The molecule has 1 N–H and O–H groups in total. The SMILES string of the molecule is Fc1cc(F)c(-c2nc(C3(CN[C@H]4CC4c4ccccc4)CCC3)no2)c(F)c1. The van der Waals surface area contributed by atoms with Crippen LogP contribution in [0.3, 0.4) is 0 Å². The molecular formula is C22H20F3N3O. The molecule has 2 aromatic carbocycles. The van der Waals surface area contributed by atoms with E-state index < -0.39 is 23.0 Å². The van der Waals surface area contributed by atoms with E-state index in [1.807, 2.05) is 18.2 Å². The van der Waals surface area contributed by atoms with Crippen LogP contribution in [-0.2, 0) is 5.41 Å². The standard InChI is InChI=1S/C22H20F3N3O/c23-14-9-16(24)19(17(25)10-14)20-27-21(28-29-20)22(7-4-8-22)12-26-18-11-15(18)13-5-2-1-3-6-13/h1-3,5-6,9-10,15,18,26H,4,7-8,11-12H2/t15?,18-/m0/s1. The van der Waals surface area contributed by atoms with Crippen LogP contribution < -0.4 is 5.32 Å². The Hall–Kier alpha value is -2.67. The summed E-state index contributed by atoms with van der Waals surface area (Å²) in [5.74, 6) is -2.39. The van der Waals surface area contributed by atoms with Gasteiger partial charge in [0.2, 0.25) is 0 Å². The van der Waals surface area contributed by atoms with E-state index in [-0.39, 0.29) is 11.3 Å². The lowest BCUT2D eigenvalue weighted by Crippen LogP contribution is -2.45. The summed E-state index contributed by atoms with van der Waals surface area (Å²) in [6.07, 6.45) is 3.90. The van der Waals surface area contributed by atoms with E-state index in [1.54, 1.807) is 0 Å². The number of hydrogen-bond donors (Lipinski definition) is 1. The Morgan fingerprint density at radius 2 is 1.79 bits per heavy atom. The second-order valence-electron chi connectivity index (χ2n) is 8.04. The lowest BCUT2D eigenvalue weighted by Gasteiger charge is -2.39. The average molecular weight is 399 g/mol. The molecule has 0 bridgehead atoms. The zero-order chi connectivity index (χ0) is 20.0. The first kappa shape index (κ1) is 18.4. The molecule has 0 amide bonds. The highest BCUT2D eigenvalue weighted by Gasteiger charge is 2.46. The molecule has 1 unspecified atom stereocenters. The zero-order valence-corrected chi connectivity index (χ0v) is 15.7. The molecule has 0 spiro atoms. The van der Waals surface area contributed by atoms with Crippen molar-refractivity contribution in [3.05, 3.63) is 71.3 Å². The quantitative estimate of drug-likeness (QED) is 0.652. The van der Waals surface area contributed by atoms with Crippen molar-refractivity contribution in [2.75, 3.05) is 6.54 Å². The predicted molar refractivity (Wildman–Crippen MR) is 101 cm³/mol. The normalized spacial score (nSPS) is 22.3. The van der Waals surface area contributed by atoms with E-state index in [2.05, 4.69) is 27.6 Å². The molecular weight excluding hydrogens is 379 g/mol. The van der Waals surface area contributed by atoms with E-state index in [0.29, 0.717) is 36.5 Å². The van der Waals surface area contributed by atoms with E-state index in [4.69, 9.17) is 4.52 Å². The molecule has 2 saturated carbocycles. The maximum atomic E-state index is 14.0. The lowest BCUT2D eigenvalue weighted by atomic mass is 9.68. The van der Waals surface area contributed by atoms with Crippen molar-refractivity contribution in [1.29, 1.82) is 0 Å². The van der Waals surface area contributed by atoms with Crippen molar-refractivity contribution in [1.82, 2.24) is 15.5 Å². The van der Waals surface area contributed by atoms with Crippen LogP contribution in [0.4, 0.5) is 13.2 Å². The molecule has 7 heteroatoms. The van der Waals surface area contributed by atoms with Crippen molar-refractivity contribution in [2.24, 2.45) is 0 Å². The van der Waals surface area contributed by atoms with Crippen molar-refractivity contribution in [3.8, 4) is 11.5 Å². The molecule has 4 nitrogen and oxygen atoms in total. The van der Waals surface area contributed by atoms with Gasteiger partial charge in [-0.25, -0.2) is 13.2 Å². The summed E-state index contributed by atoms with van der Waals surface area (Å²) in [7, 11) is 0. The molecule has 2 aliphatic carbocycles. The second kappa shape index (κ2) is 6.99. The Morgan fingerprint density at radius 1 is 1.07 bits per heavy atom. The van der Waals surface area contributed by atoms with E-state index in [9.17, 15) is 13.2 Å². The molecule has 2 atom stereocenters. The Balaban J connectivity index is 1.31. The van der Waals surface area contributed by atoms with Crippen LogP contribution >= 0.6 is 0 Å². The second-order valence-corrected chi connectivity index (χ2v) is 8.04. The fourth-order valence-corrected chi connectivity index (χ4v) is 4.19. The monoisotopic (exact) mass is 399 g/mol. The first-order chi connectivity index (χ1) is 14.1. The summed E-state index contributed by atoms with van der Waals surface area (Å²) in [6, 6.07) is 12.0. The smallest absolute Gasteiger partial charge is 0.263 e. The Labute approximate surface area is 166 Å². The topological polar surface area (TPSA) is 51.0 Å². The molecule has 1 aromatic heterocycles. The number of hydrogen-bond acceptors (Lipinski definition) is 4. The largest absolute Gasteiger partial charge is 0.334 e. The van der Waals surface area contributed by atoms with Crippen LogP contribution in [0.5, 0.6) is 0 Å². The first-order valence-corrected chi connectivity index (χ1v) is 9.83. The van der Waals surface area contributed by atoms with Gasteiger partial charge in [-0.05, 0) is 24.8 Å². The van der Waals surface area contributed by atoms with Gasteiger partial charge in [-0.2, -0.15) is 4.98 Å².